The van der Waals surface area contributed by atoms with E-state index in [1.165, 1.54) is 6.92 Å². The van der Waals surface area contributed by atoms with Crippen LogP contribution in [0.25, 0.3) is 0 Å². The second-order valence-electron chi connectivity index (χ2n) is 7.09. The first-order chi connectivity index (χ1) is 15.2. The van der Waals surface area contributed by atoms with Crippen LogP contribution < -0.4 is 44.6 Å². The van der Waals surface area contributed by atoms with Crippen molar-refractivity contribution in [3.8, 4) is 0 Å². The predicted molar refractivity (Wildman–Crippen MR) is 115 cm³/mol. The van der Waals surface area contributed by atoms with Crippen LogP contribution in [0.1, 0.15) is 32.6 Å². The minimum Gasteiger partial charge on any atom is -0.480 e. The van der Waals surface area contributed by atoms with Gasteiger partial charge < -0.3 is 49.7 Å². The van der Waals surface area contributed by atoms with Crippen molar-refractivity contribution < 1.29 is 33.9 Å². The van der Waals surface area contributed by atoms with E-state index in [9.17, 15) is 28.8 Å². The third-order valence-electron chi connectivity index (χ3n) is 4.10. The third-order valence-corrected chi connectivity index (χ3v) is 4.10. The van der Waals surface area contributed by atoms with Crippen molar-refractivity contribution in [3.05, 3.63) is 0 Å². The monoisotopic (exact) mass is 473 g/mol. The molecule has 0 aliphatic rings. The maximum absolute atomic E-state index is 12.8. The molecule has 16 heteroatoms. The molecule has 186 valence electrons. The molecule has 4 atom stereocenters. The van der Waals surface area contributed by atoms with Gasteiger partial charge in [0.15, 0.2) is 5.96 Å². The second kappa shape index (κ2) is 14.2. The number of aliphatic carboxylic acids is 1. The number of primary amides is 2. The van der Waals surface area contributed by atoms with E-state index in [0.29, 0.717) is 0 Å². The van der Waals surface area contributed by atoms with Gasteiger partial charge in [0.25, 0.3) is 0 Å². The van der Waals surface area contributed by atoms with E-state index in [4.69, 9.17) is 33.8 Å². The Bertz CT molecular complexity index is 783. The van der Waals surface area contributed by atoms with Crippen molar-refractivity contribution in [2.45, 2.75) is 56.8 Å². The van der Waals surface area contributed by atoms with Gasteiger partial charge in [-0.15, -0.1) is 0 Å². The van der Waals surface area contributed by atoms with Crippen molar-refractivity contribution >= 4 is 41.5 Å². The summed E-state index contributed by atoms with van der Waals surface area (Å²) in [7, 11) is 0. The minimum absolute atomic E-state index is 0.0198. The zero-order valence-corrected chi connectivity index (χ0v) is 18.1. The number of hydrogen-bond acceptors (Lipinski definition) is 8. The number of hydrogen-bond donors (Lipinski definition) is 9. The number of nitrogens with two attached hydrogens (primary N) is 5. The Morgan fingerprint density at radius 2 is 1.33 bits per heavy atom. The van der Waals surface area contributed by atoms with Crippen molar-refractivity contribution in [2.75, 3.05) is 6.54 Å². The fraction of sp³-hybridized carbons (Fsp3) is 0.588. The summed E-state index contributed by atoms with van der Waals surface area (Å²) in [6.07, 6.45) is -0.925. The molecule has 0 bridgehead atoms. The minimum atomic E-state index is -1.52. The summed E-state index contributed by atoms with van der Waals surface area (Å²) in [6, 6.07) is -5.44. The van der Waals surface area contributed by atoms with Crippen LogP contribution in [0.2, 0.25) is 0 Å². The molecule has 0 aromatic heterocycles. The molecule has 0 saturated carbocycles. The number of carbonyl (C=O) groups is 6. The summed E-state index contributed by atoms with van der Waals surface area (Å²) in [5.41, 5.74) is 26.2. The molecule has 0 aromatic rings. The summed E-state index contributed by atoms with van der Waals surface area (Å²) < 4.78 is 0. The Kier molecular flexibility index (Phi) is 12.5. The van der Waals surface area contributed by atoms with E-state index in [1.54, 1.807) is 0 Å². The van der Waals surface area contributed by atoms with Crippen molar-refractivity contribution in [3.63, 3.8) is 0 Å². The van der Waals surface area contributed by atoms with Crippen LogP contribution in [0.4, 0.5) is 0 Å². The van der Waals surface area contributed by atoms with Gasteiger partial charge in [-0.05, 0) is 19.8 Å². The van der Waals surface area contributed by atoms with Gasteiger partial charge in [-0.2, -0.15) is 0 Å². The average molecular weight is 473 g/mol. The van der Waals surface area contributed by atoms with Crippen LogP contribution in [-0.4, -0.2) is 77.3 Å². The van der Waals surface area contributed by atoms with E-state index in [2.05, 4.69) is 20.9 Å². The number of amides is 5. The largest absolute Gasteiger partial charge is 0.480 e. The first-order valence-corrected chi connectivity index (χ1v) is 9.76. The highest BCUT2D eigenvalue weighted by molar-refractivity contribution is 5.96. The number of nitrogens with zero attached hydrogens (tertiary/aromatic N) is 1. The van der Waals surface area contributed by atoms with Gasteiger partial charge in [-0.25, -0.2) is 0 Å². The van der Waals surface area contributed by atoms with E-state index < -0.39 is 72.5 Å². The van der Waals surface area contributed by atoms with Crippen LogP contribution in [0.3, 0.4) is 0 Å². The molecule has 0 aliphatic carbocycles. The fourth-order valence-electron chi connectivity index (χ4n) is 2.42. The lowest BCUT2D eigenvalue weighted by atomic mass is 10.1. The molecule has 16 nitrogen and oxygen atoms in total. The Morgan fingerprint density at radius 1 is 0.818 bits per heavy atom. The molecule has 5 amide bonds. The molecule has 0 radical (unpaired) electrons. The summed E-state index contributed by atoms with van der Waals surface area (Å²) >= 11 is 0. The third kappa shape index (κ3) is 12.5. The van der Waals surface area contributed by atoms with Gasteiger partial charge in [0.1, 0.15) is 18.1 Å². The van der Waals surface area contributed by atoms with Gasteiger partial charge in [0.05, 0.1) is 18.9 Å². The maximum Gasteiger partial charge on any atom is 0.325 e. The smallest absolute Gasteiger partial charge is 0.325 e. The zero-order chi connectivity index (χ0) is 25.7. The Hall–Kier alpha value is -3.95. The normalized spacial score (nSPS) is 14.0. The molecular weight excluding hydrogens is 442 g/mol. The lowest BCUT2D eigenvalue weighted by molar-refractivity contribution is -0.142. The quantitative estimate of drug-likeness (QED) is 0.0617. The SMILES string of the molecule is CC(NC(=O)C(CC(N)=O)NC(=O)C(CCCN=C(N)N)NC(=O)C(N)CC(N)=O)C(=O)O. The molecule has 4 unspecified atom stereocenters. The summed E-state index contributed by atoms with van der Waals surface area (Å²) in [6.45, 7) is 1.28. The number of carboxylic acids is 1. The van der Waals surface area contributed by atoms with Crippen molar-refractivity contribution in [2.24, 2.45) is 33.7 Å². The predicted octanol–water partition coefficient (Wildman–Crippen LogP) is -5.32. The number of guanidine groups is 1. The summed E-state index contributed by atoms with van der Waals surface area (Å²) in [5.74, 6) is -6.06. The number of aliphatic imine (C=N–C) groups is 1. The lowest BCUT2D eigenvalue weighted by Crippen LogP contribution is -2.57. The topological polar surface area (TPSA) is 301 Å². The van der Waals surface area contributed by atoms with Gasteiger partial charge in [0, 0.05) is 6.54 Å². The highest BCUT2D eigenvalue weighted by Gasteiger charge is 2.30. The number of nitrogens with one attached hydrogen (secondary N) is 3. The first-order valence-electron chi connectivity index (χ1n) is 9.76. The fourth-order valence-corrected chi connectivity index (χ4v) is 2.42. The first kappa shape index (κ1) is 29.0. The standard InChI is InChI=1S/C17H31N9O7/c1-7(16(32)33)24-15(31)10(6-12(20)28)26-14(30)9(3-2-4-23-17(21)22)25-13(29)8(18)5-11(19)27/h7-10H,2-6,18H2,1H3,(H2,19,27)(H2,20,28)(H,24,31)(H,25,29)(H,26,30)(H,32,33)(H4,21,22,23). The van der Waals surface area contributed by atoms with E-state index >= 15 is 0 Å². The van der Waals surface area contributed by atoms with E-state index in [-0.39, 0.29) is 25.3 Å². The van der Waals surface area contributed by atoms with Crippen LogP contribution >= 0.6 is 0 Å². The Balaban J connectivity index is 5.49. The average Bonchev–Trinajstić information content (AvgIpc) is 2.68. The molecule has 0 fully saturated rings. The molecular formula is C17H31N9O7. The highest BCUT2D eigenvalue weighted by Crippen LogP contribution is 2.03. The lowest BCUT2D eigenvalue weighted by Gasteiger charge is -2.24. The van der Waals surface area contributed by atoms with Crippen LogP contribution in [-0.2, 0) is 28.8 Å². The van der Waals surface area contributed by atoms with Crippen LogP contribution in [0.15, 0.2) is 4.99 Å². The van der Waals surface area contributed by atoms with Crippen LogP contribution in [0.5, 0.6) is 0 Å². The maximum atomic E-state index is 12.8. The zero-order valence-electron chi connectivity index (χ0n) is 18.1. The number of rotatable bonds is 15. The summed E-state index contributed by atoms with van der Waals surface area (Å²) in [4.78, 5) is 74.4. The molecule has 0 saturated heterocycles. The Morgan fingerprint density at radius 3 is 1.82 bits per heavy atom. The van der Waals surface area contributed by atoms with Crippen molar-refractivity contribution in [1.82, 2.24) is 16.0 Å². The molecule has 14 N–H and O–H groups in total. The van der Waals surface area contributed by atoms with Crippen LogP contribution in [0, 0.1) is 0 Å². The van der Waals surface area contributed by atoms with E-state index in [0.717, 1.165) is 0 Å². The van der Waals surface area contributed by atoms with Crippen molar-refractivity contribution in [1.29, 1.82) is 0 Å². The van der Waals surface area contributed by atoms with Gasteiger partial charge >= 0.3 is 5.97 Å². The van der Waals surface area contributed by atoms with Gasteiger partial charge in [0.2, 0.25) is 29.5 Å². The molecule has 0 heterocycles. The molecule has 0 aromatic carbocycles. The van der Waals surface area contributed by atoms with E-state index in [1.807, 2.05) is 0 Å². The molecule has 0 aliphatic heterocycles. The Labute approximate surface area is 189 Å². The number of carboxylic acid groups (broad SMARTS) is 1. The molecule has 0 spiro atoms. The van der Waals surface area contributed by atoms with Gasteiger partial charge in [-0.3, -0.25) is 33.8 Å². The summed E-state index contributed by atoms with van der Waals surface area (Å²) in [5, 5.41) is 15.6. The highest BCUT2D eigenvalue weighted by atomic mass is 16.4. The number of carbonyl (C=O) groups excluding carboxylic acids is 5. The molecule has 33 heavy (non-hydrogen) atoms. The molecule has 0 rings (SSSR count). The second-order valence-corrected chi connectivity index (χ2v) is 7.09. The van der Waals surface area contributed by atoms with Gasteiger partial charge in [-0.1, -0.05) is 0 Å².